The van der Waals surface area contributed by atoms with Gasteiger partial charge < -0.3 is 4.42 Å². The summed E-state index contributed by atoms with van der Waals surface area (Å²) in [6.45, 7) is 4.08. The van der Waals surface area contributed by atoms with Gasteiger partial charge in [0.1, 0.15) is 0 Å². The Balaban J connectivity index is 1.81. The Hall–Kier alpha value is -1.88. The molecule has 3 rings (SSSR count). The fourth-order valence-corrected chi connectivity index (χ4v) is 3.35. The number of alkyl halides is 3. The first kappa shape index (κ1) is 18.9. The third-order valence-corrected chi connectivity index (χ3v) is 5.06. The van der Waals surface area contributed by atoms with Crippen molar-refractivity contribution < 1.29 is 17.6 Å². The number of halogens is 5. The van der Waals surface area contributed by atoms with E-state index >= 15 is 0 Å². The van der Waals surface area contributed by atoms with Crippen molar-refractivity contribution in [2.75, 3.05) is 0 Å². The predicted octanol–water partition coefficient (Wildman–Crippen LogP) is 3.96. The van der Waals surface area contributed by atoms with Crippen molar-refractivity contribution in [3.05, 3.63) is 32.5 Å². The lowest BCUT2D eigenvalue weighted by Gasteiger charge is -2.06. The van der Waals surface area contributed by atoms with Crippen LogP contribution in [0.3, 0.4) is 0 Å². The third-order valence-electron chi connectivity index (χ3n) is 3.76. The first-order valence-electron chi connectivity index (χ1n) is 7.41. The van der Waals surface area contributed by atoms with E-state index in [1.807, 2.05) is 6.92 Å². The van der Waals surface area contributed by atoms with Crippen LogP contribution in [-0.2, 0) is 26.2 Å². The van der Waals surface area contributed by atoms with Crippen LogP contribution in [0.5, 0.6) is 0 Å². The lowest BCUT2D eigenvalue weighted by Crippen LogP contribution is -2.12. The van der Waals surface area contributed by atoms with Crippen LogP contribution in [0.1, 0.15) is 23.0 Å². The maximum absolute atomic E-state index is 13.0. The summed E-state index contributed by atoms with van der Waals surface area (Å²) in [7, 11) is 1.20. The van der Waals surface area contributed by atoms with Gasteiger partial charge in [-0.2, -0.15) is 23.4 Å². The van der Waals surface area contributed by atoms with E-state index in [0.717, 1.165) is 10.4 Å². The van der Waals surface area contributed by atoms with Crippen LogP contribution in [0.2, 0.25) is 5.02 Å². The van der Waals surface area contributed by atoms with Gasteiger partial charge >= 0.3 is 6.18 Å². The fourth-order valence-electron chi connectivity index (χ4n) is 2.49. The molecule has 0 amide bonds. The molecule has 7 nitrogen and oxygen atoms in total. The highest BCUT2D eigenvalue weighted by atomic mass is 79.9. The zero-order chi connectivity index (χ0) is 19.2. The van der Waals surface area contributed by atoms with E-state index in [1.165, 1.54) is 7.05 Å². The molecule has 0 atom stereocenters. The summed E-state index contributed by atoms with van der Waals surface area (Å²) in [5.74, 6) is 0.166. The lowest BCUT2D eigenvalue weighted by atomic mass is 10.3. The summed E-state index contributed by atoms with van der Waals surface area (Å²) in [6.07, 6.45) is -4.21. The SMILES string of the molecule is Cc1nn(CCc2nnc(-c3nn(C)c(C(F)(F)F)c3Br)o2)c(C)c1Cl. The molecule has 0 aliphatic carbocycles. The van der Waals surface area contributed by atoms with Crippen LogP contribution in [0.4, 0.5) is 13.2 Å². The molecule has 0 aliphatic heterocycles. The molecule has 0 unspecified atom stereocenters. The molecule has 3 heterocycles. The first-order chi connectivity index (χ1) is 12.1. The minimum absolute atomic E-state index is 0.0623. The highest BCUT2D eigenvalue weighted by molar-refractivity contribution is 9.10. The molecule has 0 radical (unpaired) electrons. The molecule has 140 valence electrons. The molecule has 0 aliphatic rings. The highest BCUT2D eigenvalue weighted by Gasteiger charge is 2.39. The number of hydrogen-bond acceptors (Lipinski definition) is 5. The molecule has 26 heavy (non-hydrogen) atoms. The molecule has 0 aromatic carbocycles. The van der Waals surface area contributed by atoms with Gasteiger partial charge in [-0.25, -0.2) is 0 Å². The number of rotatable bonds is 4. The Morgan fingerprint density at radius 1 is 1.19 bits per heavy atom. The minimum Gasteiger partial charge on any atom is -0.419 e. The number of hydrogen-bond donors (Lipinski definition) is 0. The van der Waals surface area contributed by atoms with Crippen molar-refractivity contribution in [1.29, 1.82) is 0 Å². The highest BCUT2D eigenvalue weighted by Crippen LogP contribution is 2.39. The van der Waals surface area contributed by atoms with Crippen LogP contribution in [0.25, 0.3) is 11.6 Å². The Kier molecular flexibility index (Phi) is 4.86. The largest absolute Gasteiger partial charge is 0.434 e. The number of nitrogens with zero attached hydrogens (tertiary/aromatic N) is 6. The fraction of sp³-hybridized carbons (Fsp3) is 0.429. The van der Waals surface area contributed by atoms with Crippen molar-refractivity contribution in [1.82, 2.24) is 29.8 Å². The maximum Gasteiger partial charge on any atom is 0.434 e. The molecule has 0 spiro atoms. The first-order valence-corrected chi connectivity index (χ1v) is 8.58. The van der Waals surface area contributed by atoms with Crippen molar-refractivity contribution in [2.45, 2.75) is 33.0 Å². The summed E-state index contributed by atoms with van der Waals surface area (Å²) >= 11 is 9.01. The van der Waals surface area contributed by atoms with E-state index < -0.39 is 11.9 Å². The summed E-state index contributed by atoms with van der Waals surface area (Å²) < 4.78 is 46.8. The Morgan fingerprint density at radius 3 is 2.42 bits per heavy atom. The van der Waals surface area contributed by atoms with E-state index in [-0.39, 0.29) is 21.9 Å². The second-order valence-corrected chi connectivity index (χ2v) is 6.76. The van der Waals surface area contributed by atoms with E-state index in [9.17, 15) is 13.2 Å². The van der Waals surface area contributed by atoms with Gasteiger partial charge in [-0.1, -0.05) is 11.6 Å². The minimum atomic E-state index is -4.56. The summed E-state index contributed by atoms with van der Waals surface area (Å²) in [5.41, 5.74) is 0.538. The topological polar surface area (TPSA) is 74.6 Å². The second kappa shape index (κ2) is 6.69. The normalized spacial score (nSPS) is 12.2. The Labute approximate surface area is 159 Å². The molecule has 0 fully saturated rings. The molecule has 0 saturated carbocycles. The van der Waals surface area contributed by atoms with E-state index in [4.69, 9.17) is 16.0 Å². The zero-order valence-electron chi connectivity index (χ0n) is 13.9. The predicted molar refractivity (Wildman–Crippen MR) is 89.6 cm³/mol. The van der Waals surface area contributed by atoms with Crippen molar-refractivity contribution in [2.24, 2.45) is 7.05 Å². The van der Waals surface area contributed by atoms with E-state index in [1.54, 1.807) is 11.6 Å². The quantitative estimate of drug-likeness (QED) is 0.598. The van der Waals surface area contributed by atoms with E-state index in [0.29, 0.717) is 23.7 Å². The van der Waals surface area contributed by atoms with Gasteiger partial charge in [-0.15, -0.1) is 10.2 Å². The van der Waals surface area contributed by atoms with Crippen molar-refractivity contribution in [3.63, 3.8) is 0 Å². The average Bonchev–Trinajstić information content (AvgIpc) is 3.18. The average molecular weight is 454 g/mol. The van der Waals surface area contributed by atoms with Gasteiger partial charge in [0.05, 0.1) is 20.9 Å². The molecule has 3 aromatic heterocycles. The van der Waals surface area contributed by atoms with Crippen LogP contribution in [-0.4, -0.2) is 29.8 Å². The van der Waals surface area contributed by atoms with Crippen molar-refractivity contribution in [3.8, 4) is 11.6 Å². The molecule has 3 aromatic rings. The Bertz CT molecular complexity index is 961. The molecule has 0 saturated heterocycles. The van der Waals surface area contributed by atoms with Gasteiger partial charge in [0, 0.05) is 20.0 Å². The molecule has 12 heteroatoms. The van der Waals surface area contributed by atoms with Gasteiger partial charge in [0.15, 0.2) is 11.4 Å². The van der Waals surface area contributed by atoms with Gasteiger partial charge in [0.2, 0.25) is 5.89 Å². The summed E-state index contributed by atoms with van der Waals surface area (Å²) in [4.78, 5) is 0. The molecular weight excluding hydrogens is 441 g/mol. The molecule has 0 N–H and O–H groups in total. The molecular formula is C14H13BrClF3N6O. The number of aromatic nitrogens is 6. The van der Waals surface area contributed by atoms with Gasteiger partial charge in [-0.3, -0.25) is 9.36 Å². The summed E-state index contributed by atoms with van der Waals surface area (Å²) in [6, 6.07) is 0. The second-order valence-electron chi connectivity index (χ2n) is 5.59. The maximum atomic E-state index is 13.0. The monoisotopic (exact) mass is 452 g/mol. The van der Waals surface area contributed by atoms with Crippen LogP contribution in [0, 0.1) is 13.8 Å². The standard InChI is InChI=1S/C14H13BrClF3N6O/c1-6-10(16)7(2)25(22-6)5-4-8-20-21-13(26-8)11-9(15)12(14(17,18)19)24(3)23-11/h4-5H2,1-3H3. The Morgan fingerprint density at radius 2 is 1.88 bits per heavy atom. The third kappa shape index (κ3) is 3.37. The lowest BCUT2D eigenvalue weighted by molar-refractivity contribution is -0.144. The number of aryl methyl sites for hydroxylation is 4. The van der Waals surface area contributed by atoms with Crippen molar-refractivity contribution >= 4 is 27.5 Å². The van der Waals surface area contributed by atoms with Gasteiger partial charge in [-0.05, 0) is 29.8 Å². The van der Waals surface area contributed by atoms with Crippen LogP contribution >= 0.6 is 27.5 Å². The smallest absolute Gasteiger partial charge is 0.419 e. The van der Waals surface area contributed by atoms with Crippen LogP contribution < -0.4 is 0 Å². The summed E-state index contributed by atoms with van der Waals surface area (Å²) in [5, 5.41) is 16.4. The molecule has 0 bridgehead atoms. The van der Waals surface area contributed by atoms with Crippen LogP contribution in [0.15, 0.2) is 8.89 Å². The zero-order valence-corrected chi connectivity index (χ0v) is 16.2. The van der Waals surface area contributed by atoms with E-state index in [2.05, 4.69) is 36.3 Å². The van der Waals surface area contributed by atoms with Gasteiger partial charge in [0.25, 0.3) is 5.89 Å².